The van der Waals surface area contributed by atoms with E-state index in [1.807, 2.05) is 11.8 Å². The van der Waals surface area contributed by atoms with Crippen molar-refractivity contribution >= 4 is 23.4 Å². The number of hydrogen-bond donors (Lipinski definition) is 0. The van der Waals surface area contributed by atoms with E-state index in [0.29, 0.717) is 5.92 Å². The van der Waals surface area contributed by atoms with Crippen LogP contribution < -0.4 is 0 Å². The van der Waals surface area contributed by atoms with Crippen molar-refractivity contribution in [3.63, 3.8) is 0 Å². The molecular weight excluding hydrogens is 224 g/mol. The average molecular weight is 243 g/mol. The third kappa shape index (κ3) is 4.48. The standard InChI is InChI=1S/C13H19ClS/c1-11-5-7-12(8-6-11)13(10-14)4-3-9-15-2/h5-8,13H,3-4,9-10H2,1-2H3. The van der Waals surface area contributed by atoms with Gasteiger partial charge in [-0.1, -0.05) is 29.8 Å². The Bertz CT molecular complexity index is 268. The predicted octanol–water partition coefficient (Wildman–Crippen LogP) is 4.46. The molecule has 0 aliphatic heterocycles. The summed E-state index contributed by atoms with van der Waals surface area (Å²) in [6.45, 7) is 2.12. The molecule has 0 radical (unpaired) electrons. The first-order valence-corrected chi connectivity index (χ1v) is 7.32. The Hall–Kier alpha value is -0.140. The summed E-state index contributed by atoms with van der Waals surface area (Å²) in [6, 6.07) is 8.76. The van der Waals surface area contributed by atoms with Crippen LogP contribution in [0, 0.1) is 6.92 Å². The highest BCUT2D eigenvalue weighted by molar-refractivity contribution is 7.98. The minimum atomic E-state index is 0.527. The molecule has 0 nitrogen and oxygen atoms in total. The Kier molecular flexibility index (Phi) is 6.19. The summed E-state index contributed by atoms with van der Waals surface area (Å²) < 4.78 is 0. The highest BCUT2D eigenvalue weighted by Gasteiger charge is 2.09. The lowest BCUT2D eigenvalue weighted by Crippen LogP contribution is -2.01. The van der Waals surface area contributed by atoms with Crippen LogP contribution in [0.15, 0.2) is 24.3 Å². The highest BCUT2D eigenvalue weighted by atomic mass is 35.5. The van der Waals surface area contributed by atoms with Crippen LogP contribution in [0.25, 0.3) is 0 Å². The number of thioether (sulfide) groups is 1. The molecule has 0 saturated heterocycles. The average Bonchev–Trinajstić information content (AvgIpc) is 2.26. The Morgan fingerprint density at radius 3 is 2.47 bits per heavy atom. The topological polar surface area (TPSA) is 0 Å². The molecule has 84 valence electrons. The summed E-state index contributed by atoms with van der Waals surface area (Å²) in [5.41, 5.74) is 2.70. The lowest BCUT2D eigenvalue weighted by molar-refractivity contribution is 0.674. The van der Waals surface area contributed by atoms with Crippen LogP contribution in [0.1, 0.15) is 29.9 Å². The molecule has 0 bridgehead atoms. The molecule has 0 fully saturated rings. The number of benzene rings is 1. The number of halogens is 1. The van der Waals surface area contributed by atoms with Gasteiger partial charge in [-0.2, -0.15) is 11.8 Å². The van der Waals surface area contributed by atoms with Gasteiger partial charge in [-0.15, -0.1) is 11.6 Å². The zero-order chi connectivity index (χ0) is 11.1. The summed E-state index contributed by atoms with van der Waals surface area (Å²) in [5, 5.41) is 0. The molecule has 0 heterocycles. The van der Waals surface area contributed by atoms with Crippen LogP contribution in [0.2, 0.25) is 0 Å². The lowest BCUT2D eigenvalue weighted by Gasteiger charge is -2.14. The van der Waals surface area contributed by atoms with Crippen molar-refractivity contribution in [2.45, 2.75) is 25.7 Å². The van der Waals surface area contributed by atoms with E-state index >= 15 is 0 Å². The Morgan fingerprint density at radius 2 is 1.93 bits per heavy atom. The molecule has 0 spiro atoms. The fraction of sp³-hybridized carbons (Fsp3) is 0.538. The third-order valence-electron chi connectivity index (χ3n) is 2.64. The van der Waals surface area contributed by atoms with Gasteiger partial charge in [0.1, 0.15) is 0 Å². The molecule has 0 N–H and O–H groups in total. The second-order valence-electron chi connectivity index (χ2n) is 3.90. The summed E-state index contributed by atoms with van der Waals surface area (Å²) in [4.78, 5) is 0. The first-order chi connectivity index (χ1) is 7.27. The number of hydrogen-bond acceptors (Lipinski definition) is 1. The first kappa shape index (κ1) is 12.9. The van der Waals surface area contributed by atoms with E-state index in [0.717, 1.165) is 5.88 Å². The van der Waals surface area contributed by atoms with Crippen LogP contribution in [-0.2, 0) is 0 Å². The molecule has 1 aromatic carbocycles. The molecule has 1 unspecified atom stereocenters. The van der Waals surface area contributed by atoms with Crippen LogP contribution in [0.3, 0.4) is 0 Å². The minimum absolute atomic E-state index is 0.527. The van der Waals surface area contributed by atoms with Crippen molar-refractivity contribution in [3.05, 3.63) is 35.4 Å². The molecule has 0 aliphatic carbocycles. The molecule has 0 amide bonds. The number of alkyl halides is 1. The minimum Gasteiger partial charge on any atom is -0.165 e. The van der Waals surface area contributed by atoms with E-state index in [4.69, 9.17) is 11.6 Å². The van der Waals surface area contributed by atoms with Gasteiger partial charge >= 0.3 is 0 Å². The molecular formula is C13H19ClS. The van der Waals surface area contributed by atoms with E-state index in [1.165, 1.54) is 29.7 Å². The number of rotatable bonds is 6. The fourth-order valence-electron chi connectivity index (χ4n) is 1.65. The summed E-state index contributed by atoms with van der Waals surface area (Å²) in [7, 11) is 0. The Balaban J connectivity index is 2.53. The molecule has 0 aromatic heterocycles. The normalized spacial score (nSPS) is 12.7. The lowest BCUT2D eigenvalue weighted by atomic mass is 9.96. The second-order valence-corrected chi connectivity index (χ2v) is 5.19. The second kappa shape index (κ2) is 7.19. The molecule has 1 atom stereocenters. The monoisotopic (exact) mass is 242 g/mol. The van der Waals surface area contributed by atoms with Crippen molar-refractivity contribution in [2.75, 3.05) is 17.9 Å². The largest absolute Gasteiger partial charge is 0.165 e. The van der Waals surface area contributed by atoms with E-state index in [1.54, 1.807) is 0 Å². The van der Waals surface area contributed by atoms with Gasteiger partial charge in [-0.05, 0) is 43.3 Å². The molecule has 1 rings (SSSR count). The van der Waals surface area contributed by atoms with Gasteiger partial charge in [0.25, 0.3) is 0 Å². The van der Waals surface area contributed by atoms with Gasteiger partial charge in [0.05, 0.1) is 0 Å². The van der Waals surface area contributed by atoms with Gasteiger partial charge in [-0.25, -0.2) is 0 Å². The fourth-order valence-corrected chi connectivity index (χ4v) is 2.43. The zero-order valence-corrected chi connectivity index (χ0v) is 11.1. The molecule has 0 saturated carbocycles. The van der Waals surface area contributed by atoms with E-state index < -0.39 is 0 Å². The van der Waals surface area contributed by atoms with Crippen molar-refractivity contribution in [1.29, 1.82) is 0 Å². The van der Waals surface area contributed by atoms with Crippen LogP contribution in [0.5, 0.6) is 0 Å². The molecule has 2 heteroatoms. The number of aryl methyl sites for hydroxylation is 1. The maximum Gasteiger partial charge on any atom is 0.0292 e. The smallest absolute Gasteiger partial charge is 0.0292 e. The van der Waals surface area contributed by atoms with Crippen molar-refractivity contribution < 1.29 is 0 Å². The molecule has 1 aromatic rings. The first-order valence-electron chi connectivity index (χ1n) is 5.39. The maximum atomic E-state index is 6.01. The summed E-state index contributed by atoms with van der Waals surface area (Å²) in [6.07, 6.45) is 4.61. The SMILES string of the molecule is CSCCCC(CCl)c1ccc(C)cc1. The van der Waals surface area contributed by atoms with Crippen LogP contribution in [-0.4, -0.2) is 17.9 Å². The quantitative estimate of drug-likeness (QED) is 0.524. The van der Waals surface area contributed by atoms with Crippen molar-refractivity contribution in [3.8, 4) is 0 Å². The zero-order valence-electron chi connectivity index (χ0n) is 9.50. The third-order valence-corrected chi connectivity index (χ3v) is 3.71. The highest BCUT2D eigenvalue weighted by Crippen LogP contribution is 2.23. The van der Waals surface area contributed by atoms with Crippen LogP contribution >= 0.6 is 23.4 Å². The van der Waals surface area contributed by atoms with E-state index in [-0.39, 0.29) is 0 Å². The predicted molar refractivity (Wildman–Crippen MR) is 72.3 cm³/mol. The Morgan fingerprint density at radius 1 is 1.27 bits per heavy atom. The van der Waals surface area contributed by atoms with Gasteiger partial charge in [-0.3, -0.25) is 0 Å². The van der Waals surface area contributed by atoms with Gasteiger partial charge in [0, 0.05) is 5.88 Å². The maximum absolute atomic E-state index is 6.01. The van der Waals surface area contributed by atoms with Gasteiger partial charge < -0.3 is 0 Å². The Labute approximate surface area is 102 Å². The molecule has 0 aliphatic rings. The van der Waals surface area contributed by atoms with Gasteiger partial charge in [0.15, 0.2) is 0 Å². The van der Waals surface area contributed by atoms with Crippen LogP contribution in [0.4, 0.5) is 0 Å². The summed E-state index contributed by atoms with van der Waals surface area (Å²) in [5.74, 6) is 2.50. The summed E-state index contributed by atoms with van der Waals surface area (Å²) >= 11 is 7.92. The van der Waals surface area contributed by atoms with Gasteiger partial charge in [0.2, 0.25) is 0 Å². The van der Waals surface area contributed by atoms with E-state index in [2.05, 4.69) is 37.4 Å². The molecule has 15 heavy (non-hydrogen) atoms. The van der Waals surface area contributed by atoms with Crippen molar-refractivity contribution in [1.82, 2.24) is 0 Å². The van der Waals surface area contributed by atoms with E-state index in [9.17, 15) is 0 Å². The van der Waals surface area contributed by atoms with Crippen molar-refractivity contribution in [2.24, 2.45) is 0 Å².